The van der Waals surface area contributed by atoms with E-state index in [0.717, 1.165) is 15.9 Å². The van der Waals surface area contributed by atoms with Crippen molar-refractivity contribution >= 4 is 33.1 Å². The summed E-state index contributed by atoms with van der Waals surface area (Å²) < 4.78 is 6.93. The van der Waals surface area contributed by atoms with Crippen molar-refractivity contribution in [2.24, 2.45) is 7.05 Å². The van der Waals surface area contributed by atoms with E-state index in [-0.39, 0.29) is 5.91 Å². The number of thiophene rings is 1. The smallest absolute Gasteiger partial charge is 0.263 e. The van der Waals surface area contributed by atoms with E-state index in [0.29, 0.717) is 30.3 Å². The molecule has 7 heteroatoms. The van der Waals surface area contributed by atoms with Crippen molar-refractivity contribution in [1.82, 2.24) is 15.1 Å². The third-order valence-electron chi connectivity index (χ3n) is 2.82. The van der Waals surface area contributed by atoms with Crippen molar-refractivity contribution in [1.29, 1.82) is 0 Å². The summed E-state index contributed by atoms with van der Waals surface area (Å²) in [6.45, 7) is 5.45. The minimum atomic E-state index is -0.155. The van der Waals surface area contributed by atoms with Gasteiger partial charge < -0.3 is 15.8 Å². The first kappa shape index (κ1) is 13.8. The van der Waals surface area contributed by atoms with Crippen molar-refractivity contribution < 1.29 is 9.53 Å². The number of aromatic nitrogens is 2. The molecule has 0 bridgehead atoms. The second-order valence-corrected chi connectivity index (χ2v) is 5.19. The van der Waals surface area contributed by atoms with Crippen LogP contribution in [0.4, 0.5) is 5.69 Å². The summed E-state index contributed by atoms with van der Waals surface area (Å²) in [5.41, 5.74) is 7.41. The molecule has 0 saturated carbocycles. The van der Waals surface area contributed by atoms with E-state index >= 15 is 0 Å². The lowest BCUT2D eigenvalue weighted by atomic mass is 10.2. The molecule has 0 saturated heterocycles. The molecule has 0 aliphatic heterocycles. The first-order valence-corrected chi connectivity index (χ1v) is 6.95. The number of rotatable bonds is 5. The Morgan fingerprint density at radius 1 is 1.58 bits per heavy atom. The van der Waals surface area contributed by atoms with Gasteiger partial charge in [-0.2, -0.15) is 5.10 Å². The molecule has 0 fully saturated rings. The Labute approximate surface area is 115 Å². The molecular weight excluding hydrogens is 264 g/mol. The number of fused-ring (bicyclic) bond motifs is 1. The highest BCUT2D eigenvalue weighted by Gasteiger charge is 2.20. The Balaban J connectivity index is 2.18. The average Bonchev–Trinajstić information content (AvgIpc) is 2.85. The molecule has 2 rings (SSSR count). The number of carbonyl (C=O) groups excluding carboxylic acids is 1. The zero-order valence-corrected chi connectivity index (χ0v) is 12.1. The minimum Gasteiger partial charge on any atom is -0.397 e. The van der Waals surface area contributed by atoms with Gasteiger partial charge in [0, 0.05) is 20.2 Å². The number of amides is 1. The second-order valence-electron chi connectivity index (χ2n) is 4.19. The standard InChI is InChI=1S/C12H18N4O2S/c1-4-18-6-5-14-11(17)10-9(13)8-7(2)15-16(3)12(8)19-10/h4-6,13H2,1-3H3,(H,14,17). The lowest BCUT2D eigenvalue weighted by Gasteiger charge is -2.04. The summed E-state index contributed by atoms with van der Waals surface area (Å²) in [4.78, 5) is 13.5. The number of ether oxygens (including phenoxy) is 1. The zero-order chi connectivity index (χ0) is 14.0. The van der Waals surface area contributed by atoms with Crippen LogP contribution in [0.5, 0.6) is 0 Å². The molecule has 0 unspecified atom stereocenters. The lowest BCUT2D eigenvalue weighted by molar-refractivity contribution is 0.0927. The fraction of sp³-hybridized carbons (Fsp3) is 0.500. The van der Waals surface area contributed by atoms with E-state index in [9.17, 15) is 4.79 Å². The number of anilines is 1. The number of aryl methyl sites for hydroxylation is 2. The van der Waals surface area contributed by atoms with Gasteiger partial charge in [0.15, 0.2) is 0 Å². The van der Waals surface area contributed by atoms with Gasteiger partial charge in [0.1, 0.15) is 9.71 Å². The first-order chi connectivity index (χ1) is 9.06. The molecule has 0 aliphatic carbocycles. The molecule has 0 radical (unpaired) electrons. The van der Waals surface area contributed by atoms with Gasteiger partial charge in [-0.15, -0.1) is 11.3 Å². The van der Waals surface area contributed by atoms with E-state index < -0.39 is 0 Å². The maximum Gasteiger partial charge on any atom is 0.263 e. The highest BCUT2D eigenvalue weighted by atomic mass is 32.1. The highest BCUT2D eigenvalue weighted by molar-refractivity contribution is 7.21. The summed E-state index contributed by atoms with van der Waals surface area (Å²) >= 11 is 1.37. The van der Waals surface area contributed by atoms with E-state index in [2.05, 4.69) is 10.4 Å². The predicted octanol–water partition coefficient (Wildman–Crippen LogP) is 1.29. The van der Waals surface area contributed by atoms with Gasteiger partial charge in [0.05, 0.1) is 23.4 Å². The number of hydrogen-bond donors (Lipinski definition) is 2. The van der Waals surface area contributed by atoms with Gasteiger partial charge in [0.2, 0.25) is 0 Å². The molecule has 2 aromatic rings. The van der Waals surface area contributed by atoms with Crippen LogP contribution in [0.15, 0.2) is 0 Å². The number of carbonyl (C=O) groups is 1. The predicted molar refractivity (Wildman–Crippen MR) is 76.6 cm³/mol. The van der Waals surface area contributed by atoms with Crippen LogP contribution in [0.1, 0.15) is 22.3 Å². The first-order valence-electron chi connectivity index (χ1n) is 6.13. The number of nitrogens with zero attached hydrogens (tertiary/aromatic N) is 2. The zero-order valence-electron chi connectivity index (χ0n) is 11.3. The lowest BCUT2D eigenvalue weighted by Crippen LogP contribution is -2.27. The molecule has 104 valence electrons. The topological polar surface area (TPSA) is 82.2 Å². The van der Waals surface area contributed by atoms with Crippen LogP contribution >= 0.6 is 11.3 Å². The summed E-state index contributed by atoms with van der Waals surface area (Å²) in [5.74, 6) is -0.155. The number of nitrogen functional groups attached to an aromatic ring is 1. The van der Waals surface area contributed by atoms with E-state index in [4.69, 9.17) is 10.5 Å². The van der Waals surface area contributed by atoms with Crippen LogP contribution in [0, 0.1) is 6.92 Å². The summed E-state index contributed by atoms with van der Waals surface area (Å²) in [5, 5.41) is 7.97. The van der Waals surface area contributed by atoms with Crippen molar-refractivity contribution in [3.8, 4) is 0 Å². The molecule has 2 heterocycles. The minimum absolute atomic E-state index is 0.155. The second kappa shape index (κ2) is 5.58. The number of nitrogens with one attached hydrogen (secondary N) is 1. The maximum absolute atomic E-state index is 12.1. The maximum atomic E-state index is 12.1. The summed E-state index contributed by atoms with van der Waals surface area (Å²) in [6, 6.07) is 0. The van der Waals surface area contributed by atoms with Gasteiger partial charge >= 0.3 is 0 Å². The molecule has 0 aliphatic rings. The van der Waals surface area contributed by atoms with Gasteiger partial charge in [-0.25, -0.2) is 0 Å². The van der Waals surface area contributed by atoms with Gasteiger partial charge in [-0.3, -0.25) is 9.48 Å². The fourth-order valence-electron chi connectivity index (χ4n) is 1.96. The SMILES string of the molecule is CCOCCNC(=O)c1sc2c(c(C)nn2C)c1N. The Kier molecular flexibility index (Phi) is 4.06. The fourth-order valence-corrected chi connectivity index (χ4v) is 3.06. The molecule has 6 nitrogen and oxygen atoms in total. The third-order valence-corrected chi connectivity index (χ3v) is 4.10. The summed E-state index contributed by atoms with van der Waals surface area (Å²) in [7, 11) is 1.85. The van der Waals surface area contributed by atoms with Crippen LogP contribution in [0.2, 0.25) is 0 Å². The Morgan fingerprint density at radius 2 is 2.32 bits per heavy atom. The van der Waals surface area contributed by atoms with Crippen LogP contribution in [-0.2, 0) is 11.8 Å². The largest absolute Gasteiger partial charge is 0.397 e. The number of hydrogen-bond acceptors (Lipinski definition) is 5. The molecular formula is C12H18N4O2S. The highest BCUT2D eigenvalue weighted by Crippen LogP contribution is 2.35. The quantitative estimate of drug-likeness (QED) is 0.810. The van der Waals surface area contributed by atoms with Crippen molar-refractivity contribution in [2.75, 3.05) is 25.5 Å². The van der Waals surface area contributed by atoms with Gasteiger partial charge in [0.25, 0.3) is 5.91 Å². The van der Waals surface area contributed by atoms with Crippen molar-refractivity contribution in [2.45, 2.75) is 13.8 Å². The molecule has 0 spiro atoms. The van der Waals surface area contributed by atoms with Crippen molar-refractivity contribution in [3.63, 3.8) is 0 Å². The molecule has 1 amide bonds. The molecule has 0 aromatic carbocycles. The Bertz CT molecular complexity index is 602. The van der Waals surface area contributed by atoms with Crippen LogP contribution < -0.4 is 11.1 Å². The molecule has 2 aromatic heterocycles. The molecule has 3 N–H and O–H groups in total. The molecule has 19 heavy (non-hydrogen) atoms. The monoisotopic (exact) mass is 282 g/mol. The third kappa shape index (κ3) is 2.57. The average molecular weight is 282 g/mol. The van der Waals surface area contributed by atoms with E-state index in [1.807, 2.05) is 20.9 Å². The van der Waals surface area contributed by atoms with Crippen LogP contribution in [0.3, 0.4) is 0 Å². The van der Waals surface area contributed by atoms with E-state index in [1.165, 1.54) is 11.3 Å². The molecule has 0 atom stereocenters. The Hall–Kier alpha value is -1.60. The normalized spacial score (nSPS) is 11.1. The number of nitrogens with two attached hydrogens (primary N) is 1. The van der Waals surface area contributed by atoms with Crippen LogP contribution in [0.25, 0.3) is 10.2 Å². The van der Waals surface area contributed by atoms with E-state index in [1.54, 1.807) is 4.68 Å². The van der Waals surface area contributed by atoms with Crippen LogP contribution in [-0.4, -0.2) is 35.4 Å². The Morgan fingerprint density at radius 3 is 2.95 bits per heavy atom. The van der Waals surface area contributed by atoms with Gasteiger partial charge in [-0.05, 0) is 13.8 Å². The van der Waals surface area contributed by atoms with Gasteiger partial charge in [-0.1, -0.05) is 0 Å². The van der Waals surface area contributed by atoms with Crippen molar-refractivity contribution in [3.05, 3.63) is 10.6 Å². The summed E-state index contributed by atoms with van der Waals surface area (Å²) in [6.07, 6.45) is 0.